The summed E-state index contributed by atoms with van der Waals surface area (Å²) >= 11 is 5.71. The van der Waals surface area contributed by atoms with Gasteiger partial charge in [0.2, 0.25) is 0 Å². The zero-order chi connectivity index (χ0) is 11.4. The quantitative estimate of drug-likeness (QED) is 0.865. The Balaban J connectivity index is 2.73. The molecule has 0 aliphatic carbocycles. The highest BCUT2D eigenvalue weighted by Gasteiger charge is 2.14. The van der Waals surface area contributed by atoms with E-state index in [1.54, 1.807) is 6.07 Å². The van der Waals surface area contributed by atoms with Gasteiger partial charge >= 0.3 is 0 Å². The van der Waals surface area contributed by atoms with Crippen molar-refractivity contribution >= 4 is 11.6 Å². The van der Waals surface area contributed by atoms with Gasteiger partial charge in [0, 0.05) is 5.56 Å². The second-order valence-electron chi connectivity index (χ2n) is 3.54. The molecule has 0 radical (unpaired) electrons. The minimum Gasteiger partial charge on any atom is -0.386 e. The zero-order valence-electron chi connectivity index (χ0n) is 8.71. The SMILES string of the molecule is CC(C)OCC(O)c1cccc(F)c1Cl. The summed E-state index contributed by atoms with van der Waals surface area (Å²) in [5.41, 5.74) is 0.359. The number of aliphatic hydroxyl groups excluding tert-OH is 1. The Labute approximate surface area is 93.6 Å². The first-order valence-electron chi connectivity index (χ1n) is 4.76. The smallest absolute Gasteiger partial charge is 0.142 e. The van der Waals surface area contributed by atoms with Gasteiger partial charge in [-0.05, 0) is 19.9 Å². The lowest BCUT2D eigenvalue weighted by Crippen LogP contribution is -2.12. The molecule has 4 heteroatoms. The molecule has 15 heavy (non-hydrogen) atoms. The fourth-order valence-electron chi connectivity index (χ4n) is 1.15. The third-order valence-corrected chi connectivity index (χ3v) is 2.33. The van der Waals surface area contributed by atoms with Gasteiger partial charge < -0.3 is 9.84 Å². The Morgan fingerprint density at radius 2 is 2.13 bits per heavy atom. The van der Waals surface area contributed by atoms with Gasteiger partial charge in [-0.1, -0.05) is 23.7 Å². The number of benzene rings is 1. The van der Waals surface area contributed by atoms with Crippen molar-refractivity contribution in [1.29, 1.82) is 0 Å². The van der Waals surface area contributed by atoms with E-state index in [0.29, 0.717) is 5.56 Å². The molecule has 1 aromatic rings. The average Bonchev–Trinajstić information content (AvgIpc) is 2.18. The standard InChI is InChI=1S/C11H14ClFO2/c1-7(2)15-6-10(14)8-4-3-5-9(13)11(8)12/h3-5,7,10,14H,6H2,1-2H3. The van der Waals surface area contributed by atoms with Crippen LogP contribution in [0.4, 0.5) is 4.39 Å². The van der Waals surface area contributed by atoms with E-state index in [1.807, 2.05) is 13.8 Å². The molecule has 1 rings (SSSR count). The normalized spacial score (nSPS) is 13.2. The highest BCUT2D eigenvalue weighted by molar-refractivity contribution is 6.31. The summed E-state index contributed by atoms with van der Waals surface area (Å²) in [5, 5.41) is 9.65. The van der Waals surface area contributed by atoms with Crippen molar-refractivity contribution < 1.29 is 14.2 Å². The molecule has 84 valence electrons. The Morgan fingerprint density at radius 3 is 2.73 bits per heavy atom. The molecule has 0 amide bonds. The van der Waals surface area contributed by atoms with Gasteiger partial charge in [0.25, 0.3) is 0 Å². The van der Waals surface area contributed by atoms with E-state index in [1.165, 1.54) is 12.1 Å². The van der Waals surface area contributed by atoms with E-state index in [0.717, 1.165) is 0 Å². The third kappa shape index (κ3) is 3.45. The fourth-order valence-corrected chi connectivity index (χ4v) is 1.40. The Hall–Kier alpha value is -0.640. The summed E-state index contributed by atoms with van der Waals surface area (Å²) in [6, 6.07) is 4.34. The first-order valence-corrected chi connectivity index (χ1v) is 5.13. The van der Waals surface area contributed by atoms with Gasteiger partial charge in [-0.25, -0.2) is 4.39 Å². The van der Waals surface area contributed by atoms with E-state index in [-0.39, 0.29) is 17.7 Å². The van der Waals surface area contributed by atoms with Crippen LogP contribution in [-0.2, 0) is 4.74 Å². The number of halogens is 2. The Kier molecular flexibility index (Phi) is 4.51. The predicted molar refractivity (Wildman–Crippen MR) is 57.5 cm³/mol. The van der Waals surface area contributed by atoms with Crippen LogP contribution in [0.3, 0.4) is 0 Å². The van der Waals surface area contributed by atoms with Crippen LogP contribution < -0.4 is 0 Å². The fraction of sp³-hybridized carbons (Fsp3) is 0.455. The highest BCUT2D eigenvalue weighted by Crippen LogP contribution is 2.25. The summed E-state index contributed by atoms with van der Waals surface area (Å²) in [5.74, 6) is -0.530. The van der Waals surface area contributed by atoms with Crippen LogP contribution in [0.15, 0.2) is 18.2 Å². The molecule has 0 heterocycles. The minimum atomic E-state index is -0.893. The lowest BCUT2D eigenvalue weighted by molar-refractivity contribution is 0.00487. The third-order valence-electron chi connectivity index (χ3n) is 1.93. The van der Waals surface area contributed by atoms with Crippen molar-refractivity contribution in [1.82, 2.24) is 0 Å². The highest BCUT2D eigenvalue weighted by atomic mass is 35.5. The number of hydrogen-bond acceptors (Lipinski definition) is 2. The Bertz CT molecular complexity index is 328. The molecular formula is C11H14ClFO2. The monoisotopic (exact) mass is 232 g/mol. The number of hydrogen-bond donors (Lipinski definition) is 1. The second kappa shape index (κ2) is 5.45. The number of rotatable bonds is 4. The summed E-state index contributed by atoms with van der Waals surface area (Å²) < 4.78 is 18.3. The average molecular weight is 233 g/mol. The number of ether oxygens (including phenoxy) is 1. The van der Waals surface area contributed by atoms with Crippen molar-refractivity contribution in [3.8, 4) is 0 Å². The Morgan fingerprint density at radius 1 is 1.47 bits per heavy atom. The molecule has 0 aliphatic rings. The van der Waals surface area contributed by atoms with Gasteiger partial charge in [-0.2, -0.15) is 0 Å². The van der Waals surface area contributed by atoms with E-state index in [9.17, 15) is 9.50 Å². The van der Waals surface area contributed by atoms with Crippen LogP contribution in [0.25, 0.3) is 0 Å². The maximum atomic E-state index is 13.1. The van der Waals surface area contributed by atoms with Crippen LogP contribution in [0.2, 0.25) is 5.02 Å². The lowest BCUT2D eigenvalue weighted by atomic mass is 10.1. The number of aliphatic hydroxyl groups is 1. The maximum absolute atomic E-state index is 13.1. The van der Waals surface area contributed by atoms with Crippen molar-refractivity contribution in [3.05, 3.63) is 34.6 Å². The minimum absolute atomic E-state index is 0.0204. The molecule has 0 saturated heterocycles. The molecular weight excluding hydrogens is 219 g/mol. The lowest BCUT2D eigenvalue weighted by Gasteiger charge is -2.15. The van der Waals surface area contributed by atoms with Crippen molar-refractivity contribution in [2.24, 2.45) is 0 Å². The van der Waals surface area contributed by atoms with Gasteiger partial charge in [-0.15, -0.1) is 0 Å². The van der Waals surface area contributed by atoms with E-state index in [2.05, 4.69) is 0 Å². The molecule has 2 nitrogen and oxygen atoms in total. The van der Waals surface area contributed by atoms with Gasteiger partial charge in [0.1, 0.15) is 11.9 Å². The summed E-state index contributed by atoms with van der Waals surface area (Å²) in [6.07, 6.45) is -0.873. The molecule has 0 saturated carbocycles. The van der Waals surface area contributed by atoms with Crippen LogP contribution in [-0.4, -0.2) is 17.8 Å². The second-order valence-corrected chi connectivity index (χ2v) is 3.92. The van der Waals surface area contributed by atoms with Crippen molar-refractivity contribution in [2.45, 2.75) is 26.1 Å². The van der Waals surface area contributed by atoms with Gasteiger partial charge in [0.15, 0.2) is 0 Å². The van der Waals surface area contributed by atoms with Gasteiger partial charge in [0.05, 0.1) is 17.7 Å². The zero-order valence-corrected chi connectivity index (χ0v) is 9.46. The summed E-state index contributed by atoms with van der Waals surface area (Å²) in [7, 11) is 0. The molecule has 0 fully saturated rings. The molecule has 1 unspecified atom stereocenters. The summed E-state index contributed by atoms with van der Waals surface area (Å²) in [6.45, 7) is 3.83. The van der Waals surface area contributed by atoms with Crippen LogP contribution in [0, 0.1) is 5.82 Å². The molecule has 0 aromatic heterocycles. The largest absolute Gasteiger partial charge is 0.386 e. The van der Waals surface area contributed by atoms with Crippen LogP contribution >= 0.6 is 11.6 Å². The van der Waals surface area contributed by atoms with E-state index in [4.69, 9.17) is 16.3 Å². The molecule has 0 bridgehead atoms. The predicted octanol–water partition coefficient (Wildman–Crippen LogP) is 2.94. The molecule has 0 spiro atoms. The van der Waals surface area contributed by atoms with E-state index < -0.39 is 11.9 Å². The van der Waals surface area contributed by atoms with E-state index >= 15 is 0 Å². The molecule has 1 atom stereocenters. The maximum Gasteiger partial charge on any atom is 0.142 e. The van der Waals surface area contributed by atoms with Crippen molar-refractivity contribution in [2.75, 3.05) is 6.61 Å². The van der Waals surface area contributed by atoms with Crippen molar-refractivity contribution in [3.63, 3.8) is 0 Å². The topological polar surface area (TPSA) is 29.5 Å². The summed E-state index contributed by atoms with van der Waals surface area (Å²) in [4.78, 5) is 0. The first-order chi connectivity index (χ1) is 7.02. The first kappa shape index (κ1) is 12.4. The van der Waals surface area contributed by atoms with Gasteiger partial charge in [-0.3, -0.25) is 0 Å². The molecule has 1 N–H and O–H groups in total. The molecule has 1 aromatic carbocycles. The molecule has 0 aliphatic heterocycles. The van der Waals surface area contributed by atoms with Crippen LogP contribution in [0.5, 0.6) is 0 Å². The van der Waals surface area contributed by atoms with Crippen LogP contribution in [0.1, 0.15) is 25.5 Å².